The number of amides is 2. The summed E-state index contributed by atoms with van der Waals surface area (Å²) in [6.07, 6.45) is 2.13. The van der Waals surface area contributed by atoms with E-state index in [-0.39, 0.29) is 24.1 Å². The van der Waals surface area contributed by atoms with Crippen LogP contribution in [0.4, 0.5) is 23.3 Å². The molecule has 4 N–H and O–H groups in total. The maximum absolute atomic E-state index is 12.8. The third-order valence-corrected chi connectivity index (χ3v) is 5.03. The highest BCUT2D eigenvalue weighted by molar-refractivity contribution is 6.30. The number of carbonyl (C=O) groups excluding carboxylic acids is 2. The van der Waals surface area contributed by atoms with E-state index in [1.165, 1.54) is 0 Å². The van der Waals surface area contributed by atoms with Gasteiger partial charge in [-0.25, -0.2) is 0 Å². The van der Waals surface area contributed by atoms with Crippen LogP contribution in [0.1, 0.15) is 30.7 Å². The highest BCUT2D eigenvalue weighted by Crippen LogP contribution is 2.37. The molecule has 0 bridgehead atoms. The fourth-order valence-electron chi connectivity index (χ4n) is 3.43. The van der Waals surface area contributed by atoms with Crippen LogP contribution in [0.25, 0.3) is 0 Å². The number of hydrogen-bond acceptors (Lipinski definition) is 6. The van der Waals surface area contributed by atoms with E-state index in [1.54, 1.807) is 24.3 Å². The molecular weight excluding hydrogens is 368 g/mol. The third-order valence-electron chi connectivity index (χ3n) is 4.78. The van der Waals surface area contributed by atoms with Crippen LogP contribution in [-0.2, 0) is 9.59 Å². The zero-order valence-corrected chi connectivity index (χ0v) is 15.3. The van der Waals surface area contributed by atoms with Crippen molar-refractivity contribution in [3.8, 4) is 0 Å². The molecule has 1 aromatic heterocycles. The van der Waals surface area contributed by atoms with Gasteiger partial charge < -0.3 is 21.3 Å². The number of fused-ring (bicyclic) bond motifs is 1. The first kappa shape index (κ1) is 17.5. The van der Waals surface area contributed by atoms with Gasteiger partial charge in [-0.2, -0.15) is 9.97 Å². The van der Waals surface area contributed by atoms with Gasteiger partial charge in [0.05, 0.1) is 11.5 Å². The molecule has 4 rings (SSSR count). The van der Waals surface area contributed by atoms with E-state index in [0.717, 1.165) is 25.9 Å². The summed E-state index contributed by atoms with van der Waals surface area (Å²) in [4.78, 5) is 35.8. The molecule has 2 aromatic rings. The molecule has 1 aromatic carbocycles. The van der Waals surface area contributed by atoms with Crippen LogP contribution >= 0.6 is 11.6 Å². The second-order valence-corrected chi connectivity index (χ2v) is 7.10. The smallest absolute Gasteiger partial charge is 0.232 e. The van der Waals surface area contributed by atoms with Crippen molar-refractivity contribution in [1.29, 1.82) is 0 Å². The van der Waals surface area contributed by atoms with E-state index >= 15 is 0 Å². The third kappa shape index (κ3) is 3.52. The van der Waals surface area contributed by atoms with Crippen LogP contribution in [-0.4, -0.2) is 34.9 Å². The molecule has 27 heavy (non-hydrogen) atoms. The average Bonchev–Trinajstić information content (AvgIpc) is 3.17. The number of anilines is 4. The van der Waals surface area contributed by atoms with E-state index in [1.807, 2.05) is 4.90 Å². The monoisotopic (exact) mass is 386 g/mol. The van der Waals surface area contributed by atoms with Crippen molar-refractivity contribution in [3.63, 3.8) is 0 Å². The van der Waals surface area contributed by atoms with Crippen molar-refractivity contribution in [2.24, 2.45) is 0 Å². The number of benzene rings is 1. The quantitative estimate of drug-likeness (QED) is 0.746. The number of aromatic nitrogens is 2. The van der Waals surface area contributed by atoms with Gasteiger partial charge in [-0.1, -0.05) is 11.6 Å². The summed E-state index contributed by atoms with van der Waals surface area (Å²) in [5.41, 5.74) is 7.22. The first-order valence-electron chi connectivity index (χ1n) is 8.80. The SMILES string of the molecule is Nc1nc(N2CCCC2)nc2c1[C@H](C(=O)Nc1ccc(Cl)cc1)CC(=O)N2. The fourth-order valence-corrected chi connectivity index (χ4v) is 3.55. The maximum Gasteiger partial charge on any atom is 0.232 e. The Morgan fingerprint density at radius 1 is 1.22 bits per heavy atom. The van der Waals surface area contributed by atoms with Crippen molar-refractivity contribution in [2.75, 3.05) is 34.4 Å². The van der Waals surface area contributed by atoms with Crippen molar-refractivity contribution in [1.82, 2.24) is 9.97 Å². The minimum atomic E-state index is -0.753. The number of halogens is 1. The largest absolute Gasteiger partial charge is 0.383 e. The maximum atomic E-state index is 12.8. The van der Waals surface area contributed by atoms with Crippen molar-refractivity contribution in [3.05, 3.63) is 34.9 Å². The van der Waals surface area contributed by atoms with Gasteiger partial charge >= 0.3 is 0 Å². The van der Waals surface area contributed by atoms with E-state index in [2.05, 4.69) is 20.6 Å². The topological polar surface area (TPSA) is 113 Å². The Hall–Kier alpha value is -2.87. The Bertz CT molecular complexity index is 895. The molecule has 140 valence electrons. The summed E-state index contributed by atoms with van der Waals surface area (Å²) in [7, 11) is 0. The van der Waals surface area contributed by atoms with E-state index in [0.29, 0.717) is 28.0 Å². The molecule has 0 aliphatic carbocycles. The minimum Gasteiger partial charge on any atom is -0.383 e. The van der Waals surface area contributed by atoms with E-state index in [9.17, 15) is 9.59 Å². The summed E-state index contributed by atoms with van der Waals surface area (Å²) >= 11 is 5.87. The Morgan fingerprint density at radius 3 is 2.63 bits per heavy atom. The number of nitrogens with two attached hydrogens (primary N) is 1. The second-order valence-electron chi connectivity index (χ2n) is 6.67. The number of hydrogen-bond donors (Lipinski definition) is 3. The number of nitrogen functional groups attached to an aromatic ring is 1. The summed E-state index contributed by atoms with van der Waals surface area (Å²) in [6, 6.07) is 6.75. The zero-order valence-electron chi connectivity index (χ0n) is 14.5. The number of nitrogens with one attached hydrogen (secondary N) is 2. The van der Waals surface area contributed by atoms with Crippen LogP contribution in [0.5, 0.6) is 0 Å². The van der Waals surface area contributed by atoms with Gasteiger partial charge in [-0.15, -0.1) is 0 Å². The first-order valence-corrected chi connectivity index (χ1v) is 9.17. The highest BCUT2D eigenvalue weighted by atomic mass is 35.5. The molecule has 0 saturated carbocycles. The Balaban J connectivity index is 1.64. The summed E-state index contributed by atoms with van der Waals surface area (Å²) in [5, 5.41) is 6.10. The van der Waals surface area contributed by atoms with Crippen molar-refractivity contribution in [2.45, 2.75) is 25.2 Å². The molecule has 0 radical (unpaired) electrons. The molecule has 0 unspecified atom stereocenters. The van der Waals surface area contributed by atoms with E-state index in [4.69, 9.17) is 17.3 Å². The van der Waals surface area contributed by atoms with Crippen LogP contribution in [0.2, 0.25) is 5.02 Å². The molecule has 0 spiro atoms. The first-order chi connectivity index (χ1) is 13.0. The molecule has 1 fully saturated rings. The second kappa shape index (κ2) is 7.03. The van der Waals surface area contributed by atoms with Crippen LogP contribution < -0.4 is 21.3 Å². The lowest BCUT2D eigenvalue weighted by Gasteiger charge is -2.26. The van der Waals surface area contributed by atoms with Gasteiger partial charge in [-0.3, -0.25) is 9.59 Å². The van der Waals surface area contributed by atoms with Gasteiger partial charge in [0, 0.05) is 30.2 Å². The summed E-state index contributed by atoms with van der Waals surface area (Å²) in [5.74, 6) is -0.336. The highest BCUT2D eigenvalue weighted by Gasteiger charge is 2.35. The molecule has 8 nitrogen and oxygen atoms in total. The number of carbonyl (C=O) groups is 2. The minimum absolute atomic E-state index is 0.0109. The molecule has 2 amide bonds. The normalized spacial score (nSPS) is 18.8. The lowest BCUT2D eigenvalue weighted by molar-refractivity contribution is -0.123. The van der Waals surface area contributed by atoms with Gasteiger partial charge in [0.15, 0.2) is 0 Å². The molecule has 9 heteroatoms. The lowest BCUT2D eigenvalue weighted by Crippen LogP contribution is -2.33. The summed E-state index contributed by atoms with van der Waals surface area (Å²) < 4.78 is 0. The standard InChI is InChI=1S/C18H19ClN6O2/c19-10-3-5-11(6-4-10)21-17(27)12-9-13(26)22-16-14(12)15(20)23-18(24-16)25-7-1-2-8-25/h3-6,12H,1-2,7-9H2,(H,21,27)(H3,20,22,23,24,26)/t12-/m1/s1. The zero-order chi connectivity index (χ0) is 19.0. The predicted molar refractivity (Wildman–Crippen MR) is 104 cm³/mol. The predicted octanol–water partition coefficient (Wildman–Crippen LogP) is 2.38. The molecule has 1 saturated heterocycles. The molecule has 2 aliphatic heterocycles. The average molecular weight is 387 g/mol. The van der Waals surface area contributed by atoms with Crippen molar-refractivity contribution >= 4 is 46.7 Å². The van der Waals surface area contributed by atoms with E-state index < -0.39 is 5.92 Å². The number of nitrogens with zero attached hydrogens (tertiary/aromatic N) is 3. The summed E-state index contributed by atoms with van der Waals surface area (Å²) in [6.45, 7) is 1.71. The fraction of sp³-hybridized carbons (Fsp3) is 0.333. The van der Waals surface area contributed by atoms with Crippen LogP contribution in [0.15, 0.2) is 24.3 Å². The molecule has 3 heterocycles. The molecular formula is C18H19ClN6O2. The van der Waals surface area contributed by atoms with Crippen molar-refractivity contribution < 1.29 is 9.59 Å². The molecule has 2 aliphatic rings. The Kier molecular flexibility index (Phi) is 4.57. The van der Waals surface area contributed by atoms with Gasteiger partial charge in [0.25, 0.3) is 0 Å². The lowest BCUT2D eigenvalue weighted by atomic mass is 9.92. The number of rotatable bonds is 3. The molecule has 1 atom stereocenters. The Labute approximate surface area is 161 Å². The van der Waals surface area contributed by atoms with Gasteiger partial charge in [0.2, 0.25) is 17.8 Å². The Morgan fingerprint density at radius 2 is 1.93 bits per heavy atom. The van der Waals surface area contributed by atoms with Crippen LogP contribution in [0, 0.1) is 0 Å². The van der Waals surface area contributed by atoms with Gasteiger partial charge in [0.1, 0.15) is 11.6 Å². The van der Waals surface area contributed by atoms with Crippen LogP contribution in [0.3, 0.4) is 0 Å². The van der Waals surface area contributed by atoms with Gasteiger partial charge in [-0.05, 0) is 37.1 Å².